The molecule has 1 unspecified atom stereocenters. The van der Waals surface area contributed by atoms with Crippen LogP contribution >= 0.6 is 0 Å². The highest BCUT2D eigenvalue weighted by Crippen LogP contribution is 2.10. The highest BCUT2D eigenvalue weighted by molar-refractivity contribution is 7.79. The molecule has 0 aliphatic carbocycles. The normalized spacial score (nSPS) is 12.9. The maximum Gasteiger partial charge on any atom is 0.0102 e. The van der Waals surface area contributed by atoms with Gasteiger partial charge in [-0.2, -0.15) is 0 Å². The Morgan fingerprint density at radius 2 is 1.20 bits per heavy atom. The largest absolute Gasteiger partial charge is 0.772 e. The van der Waals surface area contributed by atoms with Crippen LogP contribution in [0.2, 0.25) is 0 Å². The lowest BCUT2D eigenvalue weighted by Crippen LogP contribution is -1.94. The van der Waals surface area contributed by atoms with E-state index in [-0.39, 0.29) is 0 Å². The summed E-state index contributed by atoms with van der Waals surface area (Å²) in [7, 11) is 0. The smallest absolute Gasteiger partial charge is 0.0102 e. The van der Waals surface area contributed by atoms with E-state index in [1.54, 1.807) is 0 Å². The zero-order valence-corrected chi connectivity index (χ0v) is 10.8. The number of rotatable bonds is 11. The monoisotopic (exact) mass is 233 g/mol. The third-order valence-corrected chi connectivity index (χ3v) is 3.29. The molecule has 0 N–H and O–H groups in total. The van der Waals surface area contributed by atoms with Gasteiger partial charge in [-0.15, -0.1) is 0 Å². The molecule has 2 nitrogen and oxygen atoms in total. The summed E-state index contributed by atoms with van der Waals surface area (Å²) in [6.45, 7) is 2.24. The predicted octanol–water partition coefficient (Wildman–Crippen LogP) is 3.79. The first kappa shape index (κ1) is 15.1. The van der Waals surface area contributed by atoms with Gasteiger partial charge in [-0.25, -0.2) is 0 Å². The second-order valence-corrected chi connectivity index (χ2v) is 5.21. The van der Waals surface area contributed by atoms with E-state index in [9.17, 15) is 8.76 Å². The Morgan fingerprint density at radius 1 is 0.800 bits per heavy atom. The predicted molar refractivity (Wildman–Crippen MR) is 65.6 cm³/mol. The zero-order valence-electron chi connectivity index (χ0n) is 10.0. The summed E-state index contributed by atoms with van der Waals surface area (Å²) in [5.74, 6) is 0.344. The number of hydrogen-bond donors (Lipinski definition) is 0. The molecule has 0 aromatic carbocycles. The summed E-state index contributed by atoms with van der Waals surface area (Å²) in [6, 6.07) is 0. The van der Waals surface area contributed by atoms with Gasteiger partial charge in [0.05, 0.1) is 0 Å². The Hall–Kier alpha value is 0.110. The molecule has 3 heteroatoms. The van der Waals surface area contributed by atoms with Gasteiger partial charge >= 0.3 is 0 Å². The van der Waals surface area contributed by atoms with Crippen LogP contribution in [0, 0.1) is 0 Å². The SMILES string of the molecule is CCCCCCCCCCCCS(=O)[O-]. The van der Waals surface area contributed by atoms with Crippen LogP contribution in [0.3, 0.4) is 0 Å². The van der Waals surface area contributed by atoms with Crippen molar-refractivity contribution in [2.45, 2.75) is 71.1 Å². The molecule has 0 rings (SSSR count). The summed E-state index contributed by atoms with van der Waals surface area (Å²) in [4.78, 5) is 0. The lowest BCUT2D eigenvalue weighted by molar-refractivity contribution is 0.528. The van der Waals surface area contributed by atoms with Gasteiger partial charge in [0.1, 0.15) is 0 Å². The topological polar surface area (TPSA) is 40.1 Å². The summed E-state index contributed by atoms with van der Waals surface area (Å²) in [6.07, 6.45) is 12.5. The van der Waals surface area contributed by atoms with Crippen LogP contribution in [0.25, 0.3) is 0 Å². The lowest BCUT2D eigenvalue weighted by atomic mass is 10.1. The Bertz CT molecular complexity index is 149. The third-order valence-electron chi connectivity index (χ3n) is 2.66. The fourth-order valence-electron chi connectivity index (χ4n) is 1.71. The third kappa shape index (κ3) is 14.1. The van der Waals surface area contributed by atoms with Crippen molar-refractivity contribution in [1.82, 2.24) is 0 Å². The van der Waals surface area contributed by atoms with Crippen LogP contribution in [-0.4, -0.2) is 14.5 Å². The fraction of sp³-hybridized carbons (Fsp3) is 1.00. The summed E-state index contributed by atoms with van der Waals surface area (Å²) >= 11 is -1.83. The average molecular weight is 233 g/mol. The molecule has 0 heterocycles. The average Bonchev–Trinajstić information content (AvgIpc) is 2.20. The van der Waals surface area contributed by atoms with Gasteiger partial charge in [-0.05, 0) is 6.42 Å². The van der Waals surface area contributed by atoms with Crippen molar-refractivity contribution >= 4 is 11.1 Å². The molecule has 0 fully saturated rings. The van der Waals surface area contributed by atoms with Crippen LogP contribution in [0.1, 0.15) is 71.1 Å². The Labute approximate surface area is 97.1 Å². The van der Waals surface area contributed by atoms with Crippen molar-refractivity contribution in [1.29, 1.82) is 0 Å². The highest BCUT2D eigenvalue weighted by Gasteiger charge is 1.92. The standard InChI is InChI=1S/C12H26O2S/c1-2-3-4-5-6-7-8-9-10-11-12-15(13)14/h2-12H2,1H3,(H,13,14)/p-1. The van der Waals surface area contributed by atoms with Crippen LogP contribution in [0.4, 0.5) is 0 Å². The molecule has 0 aliphatic rings. The molecule has 0 aromatic heterocycles. The van der Waals surface area contributed by atoms with Gasteiger partial charge in [0.15, 0.2) is 0 Å². The van der Waals surface area contributed by atoms with E-state index in [1.165, 1.54) is 51.4 Å². The maximum atomic E-state index is 10.2. The van der Waals surface area contributed by atoms with E-state index in [4.69, 9.17) is 0 Å². The van der Waals surface area contributed by atoms with Gasteiger partial charge in [0.25, 0.3) is 0 Å². The van der Waals surface area contributed by atoms with Crippen LogP contribution in [0.5, 0.6) is 0 Å². The van der Waals surface area contributed by atoms with Crippen molar-refractivity contribution in [2.75, 3.05) is 5.75 Å². The van der Waals surface area contributed by atoms with Gasteiger partial charge in [-0.1, -0.05) is 75.8 Å². The van der Waals surface area contributed by atoms with Crippen LogP contribution < -0.4 is 0 Å². The molecule has 0 aromatic rings. The molecule has 0 bridgehead atoms. The Balaban J connectivity index is 2.89. The number of hydrogen-bond acceptors (Lipinski definition) is 2. The van der Waals surface area contributed by atoms with E-state index in [1.807, 2.05) is 0 Å². The minimum absolute atomic E-state index is 0.344. The van der Waals surface area contributed by atoms with Crippen LogP contribution in [0.15, 0.2) is 0 Å². The molecular formula is C12H25O2S-. The first-order valence-corrected chi connectivity index (χ1v) is 7.57. The van der Waals surface area contributed by atoms with Crippen molar-refractivity contribution in [3.05, 3.63) is 0 Å². The highest BCUT2D eigenvalue weighted by atomic mass is 32.2. The molecule has 0 amide bonds. The fourth-order valence-corrected chi connectivity index (χ4v) is 2.15. The van der Waals surface area contributed by atoms with Crippen molar-refractivity contribution in [2.24, 2.45) is 0 Å². The second-order valence-electron chi connectivity index (χ2n) is 4.19. The molecule has 0 spiro atoms. The van der Waals surface area contributed by atoms with E-state index >= 15 is 0 Å². The molecule has 1 atom stereocenters. The molecule has 15 heavy (non-hydrogen) atoms. The summed E-state index contributed by atoms with van der Waals surface area (Å²) < 4.78 is 20.5. The lowest BCUT2D eigenvalue weighted by Gasteiger charge is -2.04. The summed E-state index contributed by atoms with van der Waals surface area (Å²) in [5, 5.41) is 0. The van der Waals surface area contributed by atoms with Crippen molar-refractivity contribution in [3.8, 4) is 0 Å². The first-order valence-electron chi connectivity index (χ1n) is 6.33. The Kier molecular flexibility index (Phi) is 12.3. The second kappa shape index (κ2) is 12.2. The number of unbranched alkanes of at least 4 members (excludes halogenated alkanes) is 9. The molecule has 92 valence electrons. The molecule has 0 saturated carbocycles. The molecule has 0 radical (unpaired) electrons. The molecular weight excluding hydrogens is 208 g/mol. The maximum absolute atomic E-state index is 10.2. The zero-order chi connectivity index (χ0) is 11.4. The van der Waals surface area contributed by atoms with Gasteiger partial charge in [-0.3, -0.25) is 4.21 Å². The first-order chi connectivity index (χ1) is 7.27. The van der Waals surface area contributed by atoms with Gasteiger partial charge in [0.2, 0.25) is 0 Å². The minimum Gasteiger partial charge on any atom is -0.772 e. The van der Waals surface area contributed by atoms with E-state index in [0.29, 0.717) is 5.75 Å². The van der Waals surface area contributed by atoms with E-state index < -0.39 is 11.1 Å². The van der Waals surface area contributed by atoms with Crippen molar-refractivity contribution in [3.63, 3.8) is 0 Å². The molecule has 0 saturated heterocycles. The molecule has 0 aliphatic heterocycles. The minimum atomic E-state index is -1.83. The van der Waals surface area contributed by atoms with Gasteiger partial charge < -0.3 is 4.55 Å². The van der Waals surface area contributed by atoms with Gasteiger partial charge in [0, 0.05) is 5.75 Å². The van der Waals surface area contributed by atoms with Crippen molar-refractivity contribution < 1.29 is 8.76 Å². The van der Waals surface area contributed by atoms with E-state index in [0.717, 1.165) is 12.8 Å². The Morgan fingerprint density at radius 3 is 1.60 bits per heavy atom. The van der Waals surface area contributed by atoms with E-state index in [2.05, 4.69) is 6.92 Å². The summed E-state index contributed by atoms with van der Waals surface area (Å²) in [5.41, 5.74) is 0. The van der Waals surface area contributed by atoms with Crippen LogP contribution in [-0.2, 0) is 11.1 Å². The quantitative estimate of drug-likeness (QED) is 0.402.